The molecular weight excluding hydrogens is 292 g/mol. The van der Waals surface area contributed by atoms with Crippen molar-refractivity contribution in [2.45, 2.75) is 0 Å². The van der Waals surface area contributed by atoms with Crippen LogP contribution >= 0.6 is 0 Å². The molecule has 0 spiro atoms. The van der Waals surface area contributed by atoms with Crippen LogP contribution < -0.4 is 15.8 Å². The molecule has 0 fully saturated rings. The van der Waals surface area contributed by atoms with Crippen molar-refractivity contribution in [1.29, 1.82) is 0 Å². The number of hydrogen-bond acceptors (Lipinski definition) is 4. The fourth-order valence-corrected chi connectivity index (χ4v) is 2.72. The van der Waals surface area contributed by atoms with Crippen molar-refractivity contribution >= 4 is 41.0 Å². The van der Waals surface area contributed by atoms with E-state index < -0.39 is 0 Å². The number of carbonyl (C=O) groups is 1. The van der Waals surface area contributed by atoms with Crippen LogP contribution in [0.2, 0.25) is 0 Å². The lowest BCUT2D eigenvalue weighted by molar-refractivity contribution is -0.105. The van der Waals surface area contributed by atoms with E-state index in [4.69, 9.17) is 0 Å². The Morgan fingerprint density at radius 3 is 3.00 bits per heavy atom. The number of nitrogens with zero attached hydrogens (tertiary/aromatic N) is 2. The van der Waals surface area contributed by atoms with E-state index in [9.17, 15) is 9.90 Å². The first-order valence-electron chi connectivity index (χ1n) is 7.03. The van der Waals surface area contributed by atoms with Gasteiger partial charge in [0, 0.05) is 16.2 Å². The van der Waals surface area contributed by atoms with E-state index in [0.29, 0.717) is 23.2 Å². The Morgan fingerprint density at radius 2 is 2.13 bits per heavy atom. The van der Waals surface area contributed by atoms with Crippen LogP contribution in [0.1, 0.15) is 5.56 Å². The average molecular weight is 304 g/mol. The summed E-state index contributed by atoms with van der Waals surface area (Å²) >= 11 is 0. The predicted molar refractivity (Wildman–Crippen MR) is 87.9 cm³/mol. The van der Waals surface area contributed by atoms with Gasteiger partial charge in [-0.3, -0.25) is 4.79 Å². The Bertz CT molecular complexity index is 1080. The SMILES string of the molecule is O=CNc1cccc2c(C=c3ccc4c(c3)N=NC=4)c(O)[nH]c12. The third kappa shape index (κ3) is 2.17. The van der Waals surface area contributed by atoms with Crippen LogP contribution in [0.3, 0.4) is 0 Å². The van der Waals surface area contributed by atoms with Crippen LogP contribution in [-0.2, 0) is 4.79 Å². The van der Waals surface area contributed by atoms with Gasteiger partial charge in [0.2, 0.25) is 6.41 Å². The minimum absolute atomic E-state index is 0.0498. The molecule has 6 nitrogen and oxygen atoms in total. The Kier molecular flexibility index (Phi) is 2.94. The molecule has 3 N–H and O–H groups in total. The number of carbonyl (C=O) groups excluding carboxylic acids is 1. The van der Waals surface area contributed by atoms with Gasteiger partial charge in [-0.25, -0.2) is 0 Å². The van der Waals surface area contributed by atoms with Gasteiger partial charge in [0.25, 0.3) is 0 Å². The van der Waals surface area contributed by atoms with E-state index >= 15 is 0 Å². The van der Waals surface area contributed by atoms with Gasteiger partial charge in [-0.1, -0.05) is 24.3 Å². The highest BCUT2D eigenvalue weighted by molar-refractivity contribution is 6.01. The molecule has 1 aromatic heterocycles. The van der Waals surface area contributed by atoms with Crippen molar-refractivity contribution in [3.05, 3.63) is 52.4 Å². The van der Waals surface area contributed by atoms with E-state index in [0.717, 1.165) is 21.5 Å². The second-order valence-electron chi connectivity index (χ2n) is 5.18. The Morgan fingerprint density at radius 1 is 1.22 bits per heavy atom. The number of rotatable bonds is 3. The summed E-state index contributed by atoms with van der Waals surface area (Å²) in [4.78, 5) is 13.6. The maximum Gasteiger partial charge on any atom is 0.211 e. The number of benzene rings is 2. The number of para-hydroxylation sites is 1. The molecule has 3 aromatic rings. The predicted octanol–water partition coefficient (Wildman–Crippen LogP) is 2.11. The number of aromatic hydroxyl groups is 1. The Balaban J connectivity index is 1.93. The highest BCUT2D eigenvalue weighted by Gasteiger charge is 2.11. The average Bonchev–Trinajstić information content (AvgIpc) is 3.13. The van der Waals surface area contributed by atoms with Gasteiger partial charge in [0.1, 0.15) is 0 Å². The molecule has 0 radical (unpaired) electrons. The molecule has 4 rings (SSSR count). The number of H-pyrrole nitrogens is 1. The minimum Gasteiger partial charge on any atom is -0.494 e. The highest BCUT2D eigenvalue weighted by atomic mass is 16.3. The molecule has 6 heteroatoms. The number of aromatic amines is 1. The normalized spacial score (nSPS) is 13.1. The van der Waals surface area contributed by atoms with Gasteiger partial charge in [0.05, 0.1) is 23.1 Å². The molecule has 1 aliphatic heterocycles. The fourth-order valence-electron chi connectivity index (χ4n) is 2.72. The molecule has 0 unspecified atom stereocenters. The monoisotopic (exact) mass is 304 g/mol. The third-order valence-corrected chi connectivity index (χ3v) is 3.80. The summed E-state index contributed by atoms with van der Waals surface area (Å²) in [6.07, 6.45) is 4.19. The number of fused-ring (bicyclic) bond motifs is 2. The minimum atomic E-state index is 0.0498. The zero-order chi connectivity index (χ0) is 15.8. The molecule has 0 saturated heterocycles. The standard InChI is InChI=1S/C17H12N4O2/c22-9-18-14-3-1-2-12-13(17(23)20-16(12)14)6-10-4-5-11-8-19-21-15(11)7-10/h1-9,20,23H,(H,18,22). The molecule has 1 amide bonds. The van der Waals surface area contributed by atoms with E-state index in [1.54, 1.807) is 12.3 Å². The van der Waals surface area contributed by atoms with Crippen LogP contribution in [0.15, 0.2) is 46.6 Å². The first-order chi connectivity index (χ1) is 11.3. The van der Waals surface area contributed by atoms with E-state index in [1.165, 1.54) is 0 Å². The third-order valence-electron chi connectivity index (χ3n) is 3.80. The summed E-state index contributed by atoms with van der Waals surface area (Å²) in [5.74, 6) is 0.0498. The van der Waals surface area contributed by atoms with E-state index in [-0.39, 0.29) is 5.88 Å². The number of nitrogens with one attached hydrogen (secondary N) is 2. The van der Waals surface area contributed by atoms with Crippen molar-refractivity contribution in [2.75, 3.05) is 5.32 Å². The van der Waals surface area contributed by atoms with Crippen LogP contribution in [0.5, 0.6) is 5.88 Å². The second kappa shape index (κ2) is 5.10. The Hall–Kier alpha value is -3.41. The van der Waals surface area contributed by atoms with Crippen LogP contribution in [0, 0.1) is 0 Å². The first kappa shape index (κ1) is 13.3. The zero-order valence-electron chi connectivity index (χ0n) is 11.9. The number of amides is 1. The van der Waals surface area contributed by atoms with E-state index in [2.05, 4.69) is 20.5 Å². The van der Waals surface area contributed by atoms with Gasteiger partial charge in [-0.15, -0.1) is 0 Å². The fraction of sp³-hybridized carbons (Fsp3) is 0. The lowest BCUT2D eigenvalue weighted by atomic mass is 10.1. The van der Waals surface area contributed by atoms with Crippen molar-refractivity contribution in [3.8, 4) is 5.88 Å². The molecule has 0 aliphatic carbocycles. The highest BCUT2D eigenvalue weighted by Crippen LogP contribution is 2.32. The molecule has 2 aromatic carbocycles. The molecular formula is C17H12N4O2. The van der Waals surface area contributed by atoms with Crippen molar-refractivity contribution in [1.82, 2.24) is 4.98 Å². The molecule has 0 atom stereocenters. The van der Waals surface area contributed by atoms with E-state index in [1.807, 2.05) is 36.4 Å². The number of anilines is 1. The van der Waals surface area contributed by atoms with Crippen molar-refractivity contribution < 1.29 is 9.90 Å². The van der Waals surface area contributed by atoms with Crippen LogP contribution in [0.25, 0.3) is 23.2 Å². The molecule has 23 heavy (non-hydrogen) atoms. The van der Waals surface area contributed by atoms with Crippen molar-refractivity contribution in [2.24, 2.45) is 10.2 Å². The largest absolute Gasteiger partial charge is 0.494 e. The molecule has 2 heterocycles. The summed E-state index contributed by atoms with van der Waals surface area (Å²) in [5, 5.41) is 23.5. The maximum atomic E-state index is 10.7. The topological polar surface area (TPSA) is 89.8 Å². The number of azo groups is 1. The van der Waals surface area contributed by atoms with Gasteiger partial charge in [-0.05, 0) is 23.4 Å². The van der Waals surface area contributed by atoms with Crippen LogP contribution in [0.4, 0.5) is 11.4 Å². The summed E-state index contributed by atoms with van der Waals surface area (Å²) in [6.45, 7) is 0. The molecule has 1 aliphatic rings. The zero-order valence-corrected chi connectivity index (χ0v) is 11.9. The maximum absolute atomic E-state index is 10.7. The van der Waals surface area contributed by atoms with Crippen LogP contribution in [-0.4, -0.2) is 16.5 Å². The van der Waals surface area contributed by atoms with Crippen molar-refractivity contribution in [3.63, 3.8) is 0 Å². The van der Waals surface area contributed by atoms with Gasteiger partial charge in [-0.2, -0.15) is 10.2 Å². The van der Waals surface area contributed by atoms with Gasteiger partial charge >= 0.3 is 0 Å². The number of hydrogen-bond donors (Lipinski definition) is 3. The first-order valence-corrected chi connectivity index (χ1v) is 7.03. The second-order valence-corrected chi connectivity index (χ2v) is 5.18. The molecule has 0 saturated carbocycles. The summed E-state index contributed by atoms with van der Waals surface area (Å²) in [6, 6.07) is 11.3. The number of aromatic nitrogens is 1. The smallest absolute Gasteiger partial charge is 0.211 e. The Labute approximate surface area is 130 Å². The summed E-state index contributed by atoms with van der Waals surface area (Å²) in [5.41, 5.74) is 2.76. The lowest BCUT2D eigenvalue weighted by Gasteiger charge is -2.00. The quantitative estimate of drug-likeness (QED) is 0.647. The summed E-state index contributed by atoms with van der Waals surface area (Å²) < 4.78 is 0. The molecule has 0 bridgehead atoms. The molecule has 112 valence electrons. The lowest BCUT2D eigenvalue weighted by Crippen LogP contribution is -2.06. The van der Waals surface area contributed by atoms with Gasteiger partial charge in [0.15, 0.2) is 5.88 Å². The summed E-state index contributed by atoms with van der Waals surface area (Å²) in [7, 11) is 0. The van der Waals surface area contributed by atoms with Gasteiger partial charge < -0.3 is 15.4 Å².